The van der Waals surface area contributed by atoms with E-state index in [0.29, 0.717) is 55.8 Å². The molecule has 2 N–H and O–H groups in total. The van der Waals surface area contributed by atoms with E-state index in [1.807, 2.05) is 31.2 Å². The number of benzene rings is 2. The molecule has 0 radical (unpaired) electrons. The van der Waals surface area contributed by atoms with Gasteiger partial charge in [-0.25, -0.2) is 9.18 Å². The smallest absolute Gasteiger partial charge is 0.322 e. The van der Waals surface area contributed by atoms with Crippen molar-refractivity contribution in [2.24, 2.45) is 5.41 Å². The lowest BCUT2D eigenvalue weighted by molar-refractivity contribution is -0.118. The van der Waals surface area contributed by atoms with Crippen molar-refractivity contribution in [2.75, 3.05) is 30.0 Å². The van der Waals surface area contributed by atoms with Gasteiger partial charge in [-0.15, -0.1) is 0 Å². The lowest BCUT2D eigenvalue weighted by Gasteiger charge is -2.37. The van der Waals surface area contributed by atoms with Crippen LogP contribution in [0.2, 0.25) is 0 Å². The van der Waals surface area contributed by atoms with Crippen molar-refractivity contribution in [3.8, 4) is 0 Å². The van der Waals surface area contributed by atoms with Gasteiger partial charge < -0.3 is 15.4 Å². The van der Waals surface area contributed by atoms with Gasteiger partial charge in [0.2, 0.25) is 0 Å². The molecule has 6 nitrogen and oxygen atoms in total. The minimum absolute atomic E-state index is 0.00460. The third kappa shape index (κ3) is 4.99. The van der Waals surface area contributed by atoms with E-state index in [-0.39, 0.29) is 23.0 Å². The Balaban J connectivity index is 1.82. The maximum absolute atomic E-state index is 13.8. The number of urea groups is 1. The molecule has 2 amide bonds. The predicted octanol–water partition coefficient (Wildman–Crippen LogP) is 5.58. The van der Waals surface area contributed by atoms with E-state index in [1.165, 1.54) is 12.1 Å². The van der Waals surface area contributed by atoms with E-state index < -0.39 is 6.04 Å². The molecular weight excluding hydrogens is 433 g/mol. The number of hydrogen-bond acceptors (Lipinski definition) is 4. The minimum Gasteiger partial charge on any atom is -0.382 e. The average Bonchev–Trinajstić information content (AvgIpc) is 2.93. The summed E-state index contributed by atoms with van der Waals surface area (Å²) < 4.78 is 19.2. The molecular formula is C27H32FN3O3. The zero-order chi connectivity index (χ0) is 24.3. The SMILES string of the molecule is CCOCCCNC(=O)N1c2ccccc2NC2=C(C(=O)CC(C)(C)C2)[C@H]1c1ccc(F)cc1. The lowest BCUT2D eigenvalue weighted by Crippen LogP contribution is -2.45. The average molecular weight is 466 g/mol. The van der Waals surface area contributed by atoms with Gasteiger partial charge >= 0.3 is 6.03 Å². The molecule has 0 saturated heterocycles. The lowest BCUT2D eigenvalue weighted by atomic mass is 9.73. The molecule has 2 aromatic rings. The highest BCUT2D eigenvalue weighted by Gasteiger charge is 2.43. The largest absolute Gasteiger partial charge is 0.382 e. The van der Waals surface area contributed by atoms with Crippen LogP contribution in [0.15, 0.2) is 59.8 Å². The summed E-state index contributed by atoms with van der Waals surface area (Å²) in [6, 6.07) is 12.6. The molecule has 0 bridgehead atoms. The van der Waals surface area contributed by atoms with Crippen molar-refractivity contribution in [3.63, 3.8) is 0 Å². The maximum atomic E-state index is 13.8. The highest BCUT2D eigenvalue weighted by molar-refractivity contribution is 6.06. The molecule has 0 aromatic heterocycles. The second kappa shape index (κ2) is 9.97. The standard InChI is InChI=1S/C27H32FN3O3/c1-4-34-15-7-14-29-26(33)31-22-9-6-5-8-20(22)30-21-16-27(2,3)17-23(32)24(21)25(31)18-10-12-19(28)13-11-18/h5-6,8-13,25,30H,4,7,14-17H2,1-3H3,(H,29,33)/t25-/m1/s1. The fraction of sp³-hybridized carbons (Fsp3) is 0.407. The Morgan fingerprint density at radius 3 is 2.65 bits per heavy atom. The van der Waals surface area contributed by atoms with Crippen molar-refractivity contribution in [1.29, 1.82) is 0 Å². The molecule has 1 aliphatic heterocycles. The number of hydrogen-bond donors (Lipinski definition) is 2. The normalized spacial score (nSPS) is 19.1. The number of anilines is 2. The summed E-state index contributed by atoms with van der Waals surface area (Å²) in [5, 5.41) is 6.46. The van der Waals surface area contributed by atoms with Crippen LogP contribution in [0.5, 0.6) is 0 Å². The third-order valence-electron chi connectivity index (χ3n) is 6.25. The molecule has 1 atom stereocenters. The number of nitrogens with one attached hydrogen (secondary N) is 2. The number of halogens is 1. The summed E-state index contributed by atoms with van der Waals surface area (Å²) in [4.78, 5) is 28.8. The molecule has 0 spiro atoms. The van der Waals surface area contributed by atoms with Crippen molar-refractivity contribution >= 4 is 23.2 Å². The number of ketones is 1. The molecule has 0 saturated carbocycles. The van der Waals surface area contributed by atoms with E-state index in [2.05, 4.69) is 24.5 Å². The first-order valence-electron chi connectivity index (χ1n) is 11.8. The second-order valence-electron chi connectivity index (χ2n) is 9.58. The molecule has 2 aliphatic rings. The van der Waals surface area contributed by atoms with Crippen LogP contribution in [0.4, 0.5) is 20.6 Å². The first kappa shape index (κ1) is 24.0. The minimum atomic E-state index is -0.678. The van der Waals surface area contributed by atoms with Crippen LogP contribution in [-0.2, 0) is 9.53 Å². The number of nitrogens with zero attached hydrogens (tertiary/aromatic N) is 1. The van der Waals surface area contributed by atoms with Crippen molar-refractivity contribution in [1.82, 2.24) is 5.32 Å². The quantitative estimate of drug-likeness (QED) is 0.547. The molecule has 4 rings (SSSR count). The molecule has 1 heterocycles. The summed E-state index contributed by atoms with van der Waals surface area (Å²) in [5.74, 6) is -0.372. The molecule has 2 aromatic carbocycles. The van der Waals surface area contributed by atoms with Crippen LogP contribution in [0.1, 0.15) is 51.6 Å². The van der Waals surface area contributed by atoms with Crippen molar-refractivity contribution in [3.05, 3.63) is 71.2 Å². The Labute approximate surface area is 200 Å². The van der Waals surface area contributed by atoms with E-state index in [4.69, 9.17) is 4.74 Å². The predicted molar refractivity (Wildman–Crippen MR) is 131 cm³/mol. The number of rotatable bonds is 6. The van der Waals surface area contributed by atoms with E-state index in [0.717, 1.165) is 11.4 Å². The molecule has 7 heteroatoms. The van der Waals surface area contributed by atoms with E-state index >= 15 is 0 Å². The van der Waals surface area contributed by atoms with Gasteiger partial charge in [-0.05, 0) is 55.0 Å². The number of carbonyl (C=O) groups is 2. The van der Waals surface area contributed by atoms with Gasteiger partial charge in [-0.1, -0.05) is 38.1 Å². The zero-order valence-electron chi connectivity index (χ0n) is 20.0. The first-order valence-corrected chi connectivity index (χ1v) is 11.8. The number of amides is 2. The molecule has 34 heavy (non-hydrogen) atoms. The Morgan fingerprint density at radius 1 is 1.18 bits per heavy atom. The van der Waals surface area contributed by atoms with Gasteiger partial charge in [0.25, 0.3) is 0 Å². The number of carbonyl (C=O) groups excluding carboxylic acids is 2. The molecule has 0 unspecified atom stereocenters. The number of Topliss-reactive ketones (excluding diaryl/α,β-unsaturated/α-hetero) is 1. The monoisotopic (exact) mass is 465 g/mol. The number of fused-ring (bicyclic) bond motifs is 1. The summed E-state index contributed by atoms with van der Waals surface area (Å²) in [7, 11) is 0. The van der Waals surface area contributed by atoms with E-state index in [9.17, 15) is 14.0 Å². The summed E-state index contributed by atoms with van der Waals surface area (Å²) >= 11 is 0. The highest BCUT2D eigenvalue weighted by atomic mass is 19.1. The van der Waals surface area contributed by atoms with Crippen molar-refractivity contribution in [2.45, 2.75) is 46.1 Å². The summed E-state index contributed by atoms with van der Waals surface area (Å²) in [6.07, 6.45) is 1.73. The third-order valence-corrected chi connectivity index (χ3v) is 6.25. The molecule has 0 fully saturated rings. The summed E-state index contributed by atoms with van der Waals surface area (Å²) in [5.41, 5.74) is 3.28. The number of ether oxygens (including phenoxy) is 1. The van der Waals surface area contributed by atoms with Gasteiger partial charge in [-0.2, -0.15) is 0 Å². The fourth-order valence-corrected chi connectivity index (χ4v) is 4.77. The Bertz CT molecular complexity index is 1090. The Hall–Kier alpha value is -3.19. The van der Waals surface area contributed by atoms with Crippen LogP contribution in [0, 0.1) is 11.2 Å². The van der Waals surface area contributed by atoms with E-state index in [1.54, 1.807) is 17.0 Å². The highest BCUT2D eigenvalue weighted by Crippen LogP contribution is 2.48. The zero-order valence-corrected chi connectivity index (χ0v) is 20.0. The van der Waals surface area contributed by atoms with Crippen molar-refractivity contribution < 1.29 is 18.7 Å². The van der Waals surface area contributed by atoms with Gasteiger partial charge in [-0.3, -0.25) is 9.69 Å². The second-order valence-corrected chi connectivity index (χ2v) is 9.58. The van der Waals surface area contributed by atoms with Gasteiger partial charge in [0.1, 0.15) is 5.82 Å². The van der Waals surface area contributed by atoms with Crippen LogP contribution >= 0.6 is 0 Å². The topological polar surface area (TPSA) is 70.7 Å². The maximum Gasteiger partial charge on any atom is 0.322 e. The first-order chi connectivity index (χ1) is 16.3. The van der Waals surface area contributed by atoms with Gasteiger partial charge in [0.15, 0.2) is 5.78 Å². The number of para-hydroxylation sites is 2. The number of allylic oxidation sites excluding steroid dienone is 1. The van der Waals surface area contributed by atoms with Crippen LogP contribution in [-0.4, -0.2) is 31.6 Å². The Morgan fingerprint density at radius 2 is 1.91 bits per heavy atom. The molecule has 1 aliphatic carbocycles. The van der Waals surface area contributed by atoms with Gasteiger partial charge in [0, 0.05) is 37.4 Å². The van der Waals surface area contributed by atoms with Gasteiger partial charge in [0.05, 0.1) is 17.4 Å². The van der Waals surface area contributed by atoms with Crippen LogP contribution < -0.4 is 15.5 Å². The fourth-order valence-electron chi connectivity index (χ4n) is 4.77. The summed E-state index contributed by atoms with van der Waals surface area (Å²) in [6.45, 7) is 7.70. The van der Waals surface area contributed by atoms with Crippen LogP contribution in [0.3, 0.4) is 0 Å². The Kier molecular flexibility index (Phi) is 7.03. The van der Waals surface area contributed by atoms with Crippen LogP contribution in [0.25, 0.3) is 0 Å². The molecule has 180 valence electrons.